The fourth-order valence-corrected chi connectivity index (χ4v) is 1.37. The summed E-state index contributed by atoms with van der Waals surface area (Å²) in [6.07, 6.45) is 6.63. The topological polar surface area (TPSA) is 26.3 Å². The number of esters is 1. The molecule has 0 amide bonds. The normalized spacial score (nSPS) is 9.20. The number of carbonyl (C=O) groups excluding carboxylic acids is 1. The van der Waals surface area contributed by atoms with Crippen LogP contribution in [0.4, 0.5) is 0 Å². The predicted molar refractivity (Wildman–Crippen MR) is 65.9 cm³/mol. The van der Waals surface area contributed by atoms with E-state index in [9.17, 15) is 4.79 Å². The Bertz CT molecular complexity index is 215. The zero-order valence-corrected chi connectivity index (χ0v) is 10.9. The van der Waals surface area contributed by atoms with Gasteiger partial charge in [-0.15, -0.1) is 11.8 Å². The number of alkyl halides is 1. The van der Waals surface area contributed by atoms with Crippen LogP contribution in [0.3, 0.4) is 0 Å². The smallest absolute Gasteiger partial charge is 0.305 e. The molecule has 0 saturated heterocycles. The van der Waals surface area contributed by atoms with E-state index in [-0.39, 0.29) is 5.97 Å². The molecule has 0 aliphatic rings. The summed E-state index contributed by atoms with van der Waals surface area (Å²) in [7, 11) is 1.43. The van der Waals surface area contributed by atoms with Gasteiger partial charge < -0.3 is 4.74 Å². The Kier molecular flexibility index (Phi) is 11.2. The molecule has 0 unspecified atom stereocenters. The molecule has 0 rings (SSSR count). The van der Waals surface area contributed by atoms with Gasteiger partial charge in [0.05, 0.1) is 7.11 Å². The first-order valence-electron chi connectivity index (χ1n) is 5.39. The number of halogens is 1. The highest BCUT2D eigenvalue weighted by molar-refractivity contribution is 9.09. The van der Waals surface area contributed by atoms with Crippen LogP contribution in [0.5, 0.6) is 0 Å². The van der Waals surface area contributed by atoms with Crippen molar-refractivity contribution in [3.63, 3.8) is 0 Å². The first-order valence-corrected chi connectivity index (χ1v) is 6.52. The Morgan fingerprint density at radius 3 is 2.40 bits per heavy atom. The summed E-state index contributed by atoms with van der Waals surface area (Å²) in [6.45, 7) is 0. The molecule has 0 fully saturated rings. The van der Waals surface area contributed by atoms with Crippen molar-refractivity contribution in [1.29, 1.82) is 0 Å². The molecule has 0 spiro atoms. The van der Waals surface area contributed by atoms with Crippen molar-refractivity contribution in [3.05, 3.63) is 0 Å². The molecule has 0 aliphatic heterocycles. The third kappa shape index (κ3) is 11.4. The largest absolute Gasteiger partial charge is 0.469 e. The van der Waals surface area contributed by atoms with Crippen molar-refractivity contribution in [2.24, 2.45) is 0 Å². The Balaban J connectivity index is 3.16. The highest BCUT2D eigenvalue weighted by atomic mass is 79.9. The molecule has 0 aromatic heterocycles. The summed E-state index contributed by atoms with van der Waals surface area (Å²) >= 11 is 3.36. The van der Waals surface area contributed by atoms with Crippen LogP contribution in [-0.4, -0.2) is 18.4 Å². The Labute approximate surface area is 101 Å². The monoisotopic (exact) mass is 274 g/mol. The molecule has 0 aliphatic carbocycles. The van der Waals surface area contributed by atoms with Crippen molar-refractivity contribution < 1.29 is 9.53 Å². The summed E-state index contributed by atoms with van der Waals surface area (Å²) in [4.78, 5) is 10.8. The second-order valence-corrected chi connectivity index (χ2v) is 4.08. The van der Waals surface area contributed by atoms with Gasteiger partial charge in [0, 0.05) is 24.6 Å². The minimum Gasteiger partial charge on any atom is -0.469 e. The van der Waals surface area contributed by atoms with Crippen LogP contribution in [0.1, 0.15) is 44.9 Å². The third-order valence-electron chi connectivity index (χ3n) is 1.97. The van der Waals surface area contributed by atoms with Gasteiger partial charge in [0.15, 0.2) is 0 Å². The van der Waals surface area contributed by atoms with Crippen LogP contribution in [0.2, 0.25) is 0 Å². The molecule has 3 heteroatoms. The van der Waals surface area contributed by atoms with Crippen molar-refractivity contribution in [1.82, 2.24) is 0 Å². The maximum Gasteiger partial charge on any atom is 0.305 e. The van der Waals surface area contributed by atoms with Gasteiger partial charge >= 0.3 is 5.97 Å². The molecule has 0 radical (unpaired) electrons. The number of hydrogen-bond donors (Lipinski definition) is 0. The van der Waals surface area contributed by atoms with E-state index in [2.05, 4.69) is 32.5 Å². The zero-order chi connectivity index (χ0) is 11.4. The van der Waals surface area contributed by atoms with Gasteiger partial charge in [0.2, 0.25) is 0 Å². The van der Waals surface area contributed by atoms with E-state index in [0.29, 0.717) is 6.42 Å². The maximum atomic E-state index is 10.8. The summed E-state index contributed by atoms with van der Waals surface area (Å²) < 4.78 is 4.55. The van der Waals surface area contributed by atoms with E-state index in [1.807, 2.05) is 0 Å². The third-order valence-corrected chi connectivity index (χ3v) is 2.53. The number of ether oxygens (including phenoxy) is 1. The van der Waals surface area contributed by atoms with Gasteiger partial charge in [-0.05, 0) is 19.3 Å². The van der Waals surface area contributed by atoms with Gasteiger partial charge in [-0.1, -0.05) is 22.4 Å². The Morgan fingerprint density at radius 2 is 1.80 bits per heavy atom. The number of hydrogen-bond acceptors (Lipinski definition) is 2. The Hall–Kier alpha value is -0.490. The minimum absolute atomic E-state index is 0.113. The van der Waals surface area contributed by atoms with Crippen LogP contribution < -0.4 is 0 Å². The minimum atomic E-state index is -0.113. The zero-order valence-electron chi connectivity index (χ0n) is 9.35. The average molecular weight is 275 g/mol. The van der Waals surface area contributed by atoms with Gasteiger partial charge in [0.25, 0.3) is 0 Å². The molecule has 0 atom stereocenters. The van der Waals surface area contributed by atoms with Crippen LogP contribution in [0.15, 0.2) is 0 Å². The van der Waals surface area contributed by atoms with Crippen LogP contribution in [0.25, 0.3) is 0 Å². The van der Waals surface area contributed by atoms with Gasteiger partial charge in [0.1, 0.15) is 0 Å². The quantitative estimate of drug-likeness (QED) is 0.308. The lowest BCUT2D eigenvalue weighted by atomic mass is 10.1. The first kappa shape index (κ1) is 14.5. The first-order chi connectivity index (χ1) is 7.31. The molecule has 0 N–H and O–H groups in total. The standard InChI is InChI=1S/C12H19BrO2/c1-15-12(14)10-8-6-4-2-3-5-7-9-11-13/h2,4,6-11H2,1H3. The van der Waals surface area contributed by atoms with E-state index < -0.39 is 0 Å². The summed E-state index contributed by atoms with van der Waals surface area (Å²) in [5.41, 5.74) is 0. The molecule has 0 aromatic carbocycles. The fraction of sp³-hybridized carbons (Fsp3) is 0.750. The van der Waals surface area contributed by atoms with Crippen molar-refractivity contribution >= 4 is 21.9 Å². The van der Waals surface area contributed by atoms with Gasteiger partial charge in [-0.2, -0.15) is 0 Å². The van der Waals surface area contributed by atoms with E-state index >= 15 is 0 Å². The number of unbranched alkanes of at least 4 members (excludes halogenated alkanes) is 4. The lowest BCUT2D eigenvalue weighted by Gasteiger charge is -1.97. The van der Waals surface area contributed by atoms with E-state index in [0.717, 1.165) is 43.9 Å². The molecule has 86 valence electrons. The van der Waals surface area contributed by atoms with Gasteiger partial charge in [-0.25, -0.2) is 0 Å². The Morgan fingerprint density at radius 1 is 1.13 bits per heavy atom. The lowest BCUT2D eigenvalue weighted by Crippen LogP contribution is -1.98. The van der Waals surface area contributed by atoms with E-state index in [4.69, 9.17) is 0 Å². The molecule has 0 bridgehead atoms. The molecule has 0 heterocycles. The molecule has 15 heavy (non-hydrogen) atoms. The summed E-state index contributed by atoms with van der Waals surface area (Å²) in [5, 5.41) is 1.03. The fourth-order valence-electron chi connectivity index (χ4n) is 1.09. The van der Waals surface area contributed by atoms with Crippen LogP contribution in [0, 0.1) is 11.8 Å². The SMILES string of the molecule is COC(=O)CCCCCC#CCCCBr. The van der Waals surface area contributed by atoms with Crippen LogP contribution >= 0.6 is 15.9 Å². The maximum absolute atomic E-state index is 10.8. The van der Waals surface area contributed by atoms with E-state index in [1.165, 1.54) is 7.11 Å². The second kappa shape index (κ2) is 11.6. The molecule has 0 aromatic rings. The second-order valence-electron chi connectivity index (χ2n) is 3.28. The van der Waals surface area contributed by atoms with Gasteiger partial charge in [-0.3, -0.25) is 4.79 Å². The van der Waals surface area contributed by atoms with Crippen LogP contribution in [-0.2, 0) is 9.53 Å². The van der Waals surface area contributed by atoms with Crippen molar-refractivity contribution in [3.8, 4) is 11.8 Å². The lowest BCUT2D eigenvalue weighted by molar-refractivity contribution is -0.140. The highest BCUT2D eigenvalue weighted by Crippen LogP contribution is 2.03. The summed E-state index contributed by atoms with van der Waals surface area (Å²) in [5.74, 6) is 6.15. The molecular formula is C12H19BrO2. The molecule has 0 saturated carbocycles. The van der Waals surface area contributed by atoms with Crippen molar-refractivity contribution in [2.75, 3.05) is 12.4 Å². The highest BCUT2D eigenvalue weighted by Gasteiger charge is 1.97. The predicted octanol–water partition coefficient (Wildman–Crippen LogP) is 3.29. The van der Waals surface area contributed by atoms with E-state index in [1.54, 1.807) is 0 Å². The number of methoxy groups -OCH3 is 1. The number of rotatable bonds is 7. The summed E-state index contributed by atoms with van der Waals surface area (Å²) in [6, 6.07) is 0. The molecule has 2 nitrogen and oxygen atoms in total. The number of carbonyl (C=O) groups is 1. The average Bonchev–Trinajstić information content (AvgIpc) is 2.26. The molecular weight excluding hydrogens is 256 g/mol. The van der Waals surface area contributed by atoms with Crippen molar-refractivity contribution in [2.45, 2.75) is 44.9 Å².